The Kier molecular flexibility index (Phi) is 3.61. The van der Waals surface area contributed by atoms with Gasteiger partial charge in [-0.3, -0.25) is 0 Å². The predicted octanol–water partition coefficient (Wildman–Crippen LogP) is 2.67. The molecule has 1 N–H and O–H groups in total. The number of fused-ring (bicyclic) bond motifs is 1. The van der Waals surface area contributed by atoms with Crippen molar-refractivity contribution in [3.63, 3.8) is 0 Å². The molecule has 0 aliphatic carbocycles. The van der Waals surface area contributed by atoms with Gasteiger partial charge in [0, 0.05) is 4.47 Å². The van der Waals surface area contributed by atoms with Gasteiger partial charge in [0.05, 0.1) is 16.2 Å². The molecule has 1 heterocycles. The van der Waals surface area contributed by atoms with Gasteiger partial charge in [0.15, 0.2) is 9.84 Å². The monoisotopic (exact) mass is 317 g/mol. The van der Waals surface area contributed by atoms with Crippen molar-refractivity contribution in [2.45, 2.75) is 36.5 Å². The molecule has 2 rings (SSSR count). The summed E-state index contributed by atoms with van der Waals surface area (Å²) >= 11 is 3.40. The summed E-state index contributed by atoms with van der Waals surface area (Å²) in [4.78, 5) is 0.485. The summed E-state index contributed by atoms with van der Waals surface area (Å²) in [6.07, 6.45) is 0.631. The van der Waals surface area contributed by atoms with Crippen LogP contribution in [0.15, 0.2) is 27.6 Å². The number of sulfone groups is 1. The number of halogens is 1. The minimum Gasteiger partial charge on any atom is -0.309 e. The van der Waals surface area contributed by atoms with Gasteiger partial charge in [0.1, 0.15) is 0 Å². The van der Waals surface area contributed by atoms with Gasteiger partial charge in [-0.1, -0.05) is 29.8 Å². The van der Waals surface area contributed by atoms with E-state index in [1.807, 2.05) is 19.9 Å². The predicted molar refractivity (Wildman–Crippen MR) is 71.8 cm³/mol. The fraction of sp³-hybridized carbons (Fsp3) is 0.500. The first-order valence-corrected chi connectivity index (χ1v) is 8.13. The molecule has 1 aliphatic rings. The first-order valence-electron chi connectivity index (χ1n) is 5.79. The lowest BCUT2D eigenvalue weighted by atomic mass is 10.0. The molecule has 0 saturated carbocycles. The summed E-state index contributed by atoms with van der Waals surface area (Å²) in [6.45, 7) is 4.69. The first kappa shape index (κ1) is 13.1. The van der Waals surface area contributed by atoms with Crippen molar-refractivity contribution >= 4 is 25.8 Å². The highest BCUT2D eigenvalue weighted by atomic mass is 79.9. The SMILES string of the molecule is CCNC1c2cc(Br)ccc2S(=O)(=O)C1CC. The number of rotatable bonds is 3. The van der Waals surface area contributed by atoms with Crippen LogP contribution in [0.5, 0.6) is 0 Å². The summed E-state index contributed by atoms with van der Waals surface area (Å²) in [5.74, 6) is 0. The smallest absolute Gasteiger partial charge is 0.183 e. The van der Waals surface area contributed by atoms with Crippen LogP contribution in [0.3, 0.4) is 0 Å². The van der Waals surface area contributed by atoms with E-state index in [2.05, 4.69) is 21.2 Å². The van der Waals surface area contributed by atoms with Gasteiger partial charge in [0.25, 0.3) is 0 Å². The zero-order valence-electron chi connectivity index (χ0n) is 9.90. The molecule has 2 unspecified atom stereocenters. The van der Waals surface area contributed by atoms with Crippen LogP contribution in [0.4, 0.5) is 0 Å². The largest absolute Gasteiger partial charge is 0.309 e. The zero-order chi connectivity index (χ0) is 12.6. The van der Waals surface area contributed by atoms with Gasteiger partial charge in [0.2, 0.25) is 0 Å². The van der Waals surface area contributed by atoms with Crippen molar-refractivity contribution in [3.8, 4) is 0 Å². The molecule has 0 radical (unpaired) electrons. The second-order valence-corrected chi connectivity index (χ2v) is 7.26. The zero-order valence-corrected chi connectivity index (χ0v) is 12.3. The average molecular weight is 318 g/mol. The molecule has 3 nitrogen and oxygen atoms in total. The van der Waals surface area contributed by atoms with Gasteiger partial charge in [-0.2, -0.15) is 0 Å². The van der Waals surface area contributed by atoms with E-state index in [0.29, 0.717) is 11.3 Å². The van der Waals surface area contributed by atoms with Crippen molar-refractivity contribution in [2.75, 3.05) is 6.54 Å². The molecule has 1 aliphatic heterocycles. The van der Waals surface area contributed by atoms with Gasteiger partial charge in [-0.05, 0) is 36.7 Å². The van der Waals surface area contributed by atoms with E-state index < -0.39 is 9.84 Å². The van der Waals surface area contributed by atoms with E-state index in [1.54, 1.807) is 12.1 Å². The summed E-state index contributed by atoms with van der Waals surface area (Å²) < 4.78 is 25.6. The molecule has 5 heteroatoms. The molecule has 0 saturated heterocycles. The number of hydrogen-bond acceptors (Lipinski definition) is 3. The molecule has 0 bridgehead atoms. The Morgan fingerprint density at radius 2 is 2.06 bits per heavy atom. The molecule has 2 atom stereocenters. The van der Waals surface area contributed by atoms with Crippen molar-refractivity contribution in [3.05, 3.63) is 28.2 Å². The molecule has 0 fully saturated rings. The summed E-state index contributed by atoms with van der Waals surface area (Å²) in [5, 5.41) is 2.94. The molecule has 94 valence electrons. The Labute approximate surface area is 111 Å². The van der Waals surface area contributed by atoms with Crippen molar-refractivity contribution in [2.24, 2.45) is 0 Å². The second-order valence-electron chi connectivity index (χ2n) is 4.21. The highest BCUT2D eigenvalue weighted by molar-refractivity contribution is 9.10. The van der Waals surface area contributed by atoms with Crippen LogP contribution in [0.1, 0.15) is 31.9 Å². The van der Waals surface area contributed by atoms with Gasteiger partial charge in [-0.25, -0.2) is 8.42 Å². The van der Waals surface area contributed by atoms with Crippen molar-refractivity contribution in [1.82, 2.24) is 5.32 Å². The molecule has 0 spiro atoms. The van der Waals surface area contributed by atoms with Crippen molar-refractivity contribution < 1.29 is 8.42 Å². The van der Waals surface area contributed by atoms with Gasteiger partial charge < -0.3 is 5.32 Å². The fourth-order valence-electron chi connectivity index (χ4n) is 2.48. The third-order valence-electron chi connectivity index (χ3n) is 3.21. The summed E-state index contributed by atoms with van der Waals surface area (Å²) in [5.41, 5.74) is 0.896. The van der Waals surface area contributed by atoms with E-state index in [9.17, 15) is 8.42 Å². The molecular weight excluding hydrogens is 302 g/mol. The standard InChI is InChI=1S/C12H16BrNO2S/c1-3-10-12(14-4-2)9-7-8(13)5-6-11(9)17(10,15)16/h5-7,10,12,14H,3-4H2,1-2H3. The maximum Gasteiger partial charge on any atom is 0.183 e. The minimum atomic E-state index is -3.17. The number of benzene rings is 1. The third-order valence-corrected chi connectivity index (χ3v) is 6.09. The lowest BCUT2D eigenvalue weighted by Gasteiger charge is -2.18. The lowest BCUT2D eigenvalue weighted by Crippen LogP contribution is -2.31. The molecule has 0 aromatic heterocycles. The Balaban J connectivity index is 2.60. The molecule has 17 heavy (non-hydrogen) atoms. The highest BCUT2D eigenvalue weighted by Gasteiger charge is 2.43. The molecule has 1 aromatic rings. The summed E-state index contributed by atoms with van der Waals surface area (Å²) in [6, 6.07) is 5.32. The van der Waals surface area contributed by atoms with Crippen molar-refractivity contribution in [1.29, 1.82) is 0 Å². The second kappa shape index (κ2) is 4.71. The minimum absolute atomic E-state index is 0.0810. The van der Waals surface area contributed by atoms with Crippen LogP contribution in [0.2, 0.25) is 0 Å². The topological polar surface area (TPSA) is 46.2 Å². The van der Waals surface area contributed by atoms with Crippen LogP contribution in [-0.4, -0.2) is 20.2 Å². The molecule has 0 amide bonds. The lowest BCUT2D eigenvalue weighted by molar-refractivity contribution is 0.505. The van der Waals surface area contributed by atoms with E-state index in [0.717, 1.165) is 16.6 Å². The highest BCUT2D eigenvalue weighted by Crippen LogP contribution is 2.41. The van der Waals surface area contributed by atoms with Crippen LogP contribution in [-0.2, 0) is 9.84 Å². The van der Waals surface area contributed by atoms with E-state index in [1.165, 1.54) is 0 Å². The maximum absolute atomic E-state index is 12.4. The summed E-state index contributed by atoms with van der Waals surface area (Å²) in [7, 11) is -3.17. The Morgan fingerprint density at radius 3 is 2.65 bits per heavy atom. The van der Waals surface area contributed by atoms with Crippen LogP contribution in [0, 0.1) is 0 Å². The van der Waals surface area contributed by atoms with E-state index >= 15 is 0 Å². The number of nitrogens with one attached hydrogen (secondary N) is 1. The Bertz CT molecular complexity index is 527. The molecular formula is C12H16BrNO2S. The van der Waals surface area contributed by atoms with Crippen LogP contribution in [0.25, 0.3) is 0 Å². The number of hydrogen-bond donors (Lipinski definition) is 1. The van der Waals surface area contributed by atoms with Crippen LogP contribution >= 0.6 is 15.9 Å². The quantitative estimate of drug-likeness (QED) is 0.932. The maximum atomic E-state index is 12.4. The van der Waals surface area contributed by atoms with Gasteiger partial charge >= 0.3 is 0 Å². The van der Waals surface area contributed by atoms with E-state index in [4.69, 9.17) is 0 Å². The van der Waals surface area contributed by atoms with E-state index in [-0.39, 0.29) is 11.3 Å². The first-order chi connectivity index (χ1) is 8.02. The Morgan fingerprint density at radius 1 is 1.35 bits per heavy atom. The fourth-order valence-corrected chi connectivity index (χ4v) is 5.00. The normalized spacial score (nSPS) is 25.8. The van der Waals surface area contributed by atoms with Gasteiger partial charge in [-0.15, -0.1) is 0 Å². The molecule has 1 aromatic carbocycles. The third kappa shape index (κ3) is 2.04. The van der Waals surface area contributed by atoms with Crippen LogP contribution < -0.4 is 5.32 Å². The Hall–Kier alpha value is -0.390. The average Bonchev–Trinajstić information content (AvgIpc) is 2.47.